The molecule has 0 aliphatic heterocycles. The lowest BCUT2D eigenvalue weighted by Gasteiger charge is -2.16. The predicted molar refractivity (Wildman–Crippen MR) is 47.1 cm³/mol. The minimum Gasteiger partial charge on any atom is -0.481 e. The Balaban J connectivity index is 3.76. The third-order valence-electron chi connectivity index (χ3n) is 1.90. The molecule has 2 unspecified atom stereocenters. The van der Waals surface area contributed by atoms with Crippen LogP contribution >= 0.6 is 0 Å². The van der Waals surface area contributed by atoms with Gasteiger partial charge in [-0.25, -0.2) is 0 Å². The lowest BCUT2D eigenvalue weighted by molar-refractivity contribution is -0.142. The van der Waals surface area contributed by atoms with Crippen molar-refractivity contribution >= 4 is 5.97 Å². The number of carboxylic acid groups (broad SMARTS) is 1. The van der Waals surface area contributed by atoms with Crippen LogP contribution in [0.25, 0.3) is 0 Å². The maximum Gasteiger partial charge on any atom is 0.306 e. The molecule has 0 aliphatic carbocycles. The van der Waals surface area contributed by atoms with Crippen LogP contribution in [-0.4, -0.2) is 23.8 Å². The molecular weight excluding hydrogens is 156 g/mol. The van der Waals surface area contributed by atoms with Gasteiger partial charge in [-0.1, -0.05) is 13.8 Å². The smallest absolute Gasteiger partial charge is 0.306 e. The SMILES string of the molecule is CCOC(CC)CC(C)C(=O)O. The molecule has 0 saturated heterocycles. The maximum absolute atomic E-state index is 10.5. The Hall–Kier alpha value is -0.570. The summed E-state index contributed by atoms with van der Waals surface area (Å²) in [6.07, 6.45) is 1.59. The molecule has 1 N–H and O–H groups in total. The summed E-state index contributed by atoms with van der Waals surface area (Å²) in [4.78, 5) is 10.5. The van der Waals surface area contributed by atoms with Crippen molar-refractivity contribution in [3.05, 3.63) is 0 Å². The topological polar surface area (TPSA) is 46.5 Å². The Morgan fingerprint density at radius 1 is 1.50 bits per heavy atom. The molecule has 3 heteroatoms. The van der Waals surface area contributed by atoms with E-state index in [2.05, 4.69) is 0 Å². The van der Waals surface area contributed by atoms with Gasteiger partial charge in [-0.3, -0.25) is 4.79 Å². The van der Waals surface area contributed by atoms with E-state index in [9.17, 15) is 4.79 Å². The van der Waals surface area contributed by atoms with E-state index in [1.54, 1.807) is 6.92 Å². The van der Waals surface area contributed by atoms with Gasteiger partial charge in [-0.05, 0) is 19.8 Å². The lowest BCUT2D eigenvalue weighted by atomic mass is 10.0. The van der Waals surface area contributed by atoms with Gasteiger partial charge >= 0.3 is 5.97 Å². The minimum absolute atomic E-state index is 0.0982. The van der Waals surface area contributed by atoms with Crippen LogP contribution in [0, 0.1) is 5.92 Å². The maximum atomic E-state index is 10.5. The highest BCUT2D eigenvalue weighted by atomic mass is 16.5. The number of rotatable bonds is 6. The van der Waals surface area contributed by atoms with Gasteiger partial charge in [0, 0.05) is 6.61 Å². The van der Waals surface area contributed by atoms with Gasteiger partial charge in [0.25, 0.3) is 0 Å². The number of hydrogen-bond acceptors (Lipinski definition) is 2. The van der Waals surface area contributed by atoms with Crippen molar-refractivity contribution in [1.82, 2.24) is 0 Å². The normalized spacial score (nSPS) is 15.6. The highest BCUT2D eigenvalue weighted by Crippen LogP contribution is 2.11. The highest BCUT2D eigenvalue weighted by molar-refractivity contribution is 5.69. The van der Waals surface area contributed by atoms with E-state index in [1.807, 2.05) is 13.8 Å². The number of ether oxygens (including phenoxy) is 1. The third-order valence-corrected chi connectivity index (χ3v) is 1.90. The number of hydrogen-bond donors (Lipinski definition) is 1. The molecule has 72 valence electrons. The molecule has 0 saturated carbocycles. The Bertz CT molecular complexity index is 134. The molecule has 0 fully saturated rings. The van der Waals surface area contributed by atoms with E-state index < -0.39 is 5.97 Å². The second-order valence-electron chi connectivity index (χ2n) is 2.96. The Morgan fingerprint density at radius 3 is 2.42 bits per heavy atom. The second-order valence-corrected chi connectivity index (χ2v) is 2.96. The summed E-state index contributed by atoms with van der Waals surface area (Å²) in [6.45, 7) is 6.30. The highest BCUT2D eigenvalue weighted by Gasteiger charge is 2.16. The summed E-state index contributed by atoms with van der Waals surface area (Å²) in [7, 11) is 0. The Morgan fingerprint density at radius 2 is 2.08 bits per heavy atom. The van der Waals surface area contributed by atoms with Gasteiger partial charge in [-0.15, -0.1) is 0 Å². The summed E-state index contributed by atoms with van der Waals surface area (Å²) in [5, 5.41) is 8.64. The predicted octanol–water partition coefficient (Wildman–Crippen LogP) is 1.91. The molecule has 0 aliphatic rings. The molecular formula is C9H18O3. The third kappa shape index (κ3) is 4.34. The van der Waals surface area contributed by atoms with Gasteiger partial charge in [0.15, 0.2) is 0 Å². The zero-order valence-electron chi connectivity index (χ0n) is 8.04. The molecule has 0 spiro atoms. The minimum atomic E-state index is -0.742. The van der Waals surface area contributed by atoms with E-state index in [4.69, 9.17) is 9.84 Å². The average Bonchev–Trinajstić information content (AvgIpc) is 2.03. The van der Waals surface area contributed by atoms with Crippen LogP contribution in [0.4, 0.5) is 0 Å². The fraction of sp³-hybridized carbons (Fsp3) is 0.889. The van der Waals surface area contributed by atoms with Crippen molar-refractivity contribution < 1.29 is 14.6 Å². The molecule has 12 heavy (non-hydrogen) atoms. The summed E-state index contributed by atoms with van der Waals surface area (Å²) in [5.74, 6) is -1.05. The monoisotopic (exact) mass is 174 g/mol. The molecule has 0 radical (unpaired) electrons. The van der Waals surface area contributed by atoms with E-state index in [0.29, 0.717) is 13.0 Å². The standard InChI is InChI=1S/C9H18O3/c1-4-8(12-5-2)6-7(3)9(10)11/h7-8H,4-6H2,1-3H3,(H,10,11). The van der Waals surface area contributed by atoms with Crippen LogP contribution in [0.2, 0.25) is 0 Å². The van der Waals surface area contributed by atoms with Crippen molar-refractivity contribution in [3.8, 4) is 0 Å². The van der Waals surface area contributed by atoms with Gasteiger partial charge in [-0.2, -0.15) is 0 Å². The van der Waals surface area contributed by atoms with Crippen molar-refractivity contribution in [2.45, 2.75) is 39.7 Å². The van der Waals surface area contributed by atoms with Crippen LogP contribution < -0.4 is 0 Å². The van der Waals surface area contributed by atoms with Crippen LogP contribution in [0.3, 0.4) is 0 Å². The van der Waals surface area contributed by atoms with Crippen molar-refractivity contribution in [1.29, 1.82) is 0 Å². The van der Waals surface area contributed by atoms with Crippen molar-refractivity contribution in [2.24, 2.45) is 5.92 Å². The molecule has 0 aromatic rings. The van der Waals surface area contributed by atoms with Gasteiger partial charge in [0.05, 0.1) is 12.0 Å². The first-order valence-corrected chi connectivity index (χ1v) is 4.46. The number of aliphatic carboxylic acids is 1. The molecule has 0 amide bonds. The van der Waals surface area contributed by atoms with E-state index in [0.717, 1.165) is 6.42 Å². The molecule has 2 atom stereocenters. The first-order valence-electron chi connectivity index (χ1n) is 4.46. The largest absolute Gasteiger partial charge is 0.481 e. The van der Waals surface area contributed by atoms with Gasteiger partial charge < -0.3 is 9.84 Å². The number of carboxylic acids is 1. The fourth-order valence-electron chi connectivity index (χ4n) is 1.08. The second kappa shape index (κ2) is 6.00. The Labute approximate surface area is 73.7 Å². The quantitative estimate of drug-likeness (QED) is 0.669. The molecule has 0 rings (SSSR count). The van der Waals surface area contributed by atoms with Crippen LogP contribution in [-0.2, 0) is 9.53 Å². The van der Waals surface area contributed by atoms with Crippen molar-refractivity contribution in [3.63, 3.8) is 0 Å². The van der Waals surface area contributed by atoms with Crippen LogP contribution in [0.1, 0.15) is 33.6 Å². The molecule has 0 aromatic heterocycles. The molecule has 0 heterocycles. The Kier molecular flexibility index (Phi) is 5.72. The average molecular weight is 174 g/mol. The molecule has 3 nitrogen and oxygen atoms in total. The first-order chi connectivity index (χ1) is 5.61. The number of carbonyl (C=O) groups is 1. The molecule has 0 aromatic carbocycles. The summed E-state index contributed by atoms with van der Waals surface area (Å²) in [6, 6.07) is 0. The van der Waals surface area contributed by atoms with Crippen LogP contribution in [0.5, 0.6) is 0 Å². The zero-order chi connectivity index (χ0) is 9.56. The van der Waals surface area contributed by atoms with Gasteiger partial charge in [0.1, 0.15) is 0 Å². The summed E-state index contributed by atoms with van der Waals surface area (Å²) >= 11 is 0. The summed E-state index contributed by atoms with van der Waals surface area (Å²) in [5.41, 5.74) is 0. The summed E-state index contributed by atoms with van der Waals surface area (Å²) < 4.78 is 5.35. The van der Waals surface area contributed by atoms with E-state index in [1.165, 1.54) is 0 Å². The lowest BCUT2D eigenvalue weighted by Crippen LogP contribution is -2.20. The van der Waals surface area contributed by atoms with E-state index in [-0.39, 0.29) is 12.0 Å². The van der Waals surface area contributed by atoms with Gasteiger partial charge in [0.2, 0.25) is 0 Å². The van der Waals surface area contributed by atoms with Crippen LogP contribution in [0.15, 0.2) is 0 Å². The molecule has 0 bridgehead atoms. The zero-order valence-corrected chi connectivity index (χ0v) is 8.04. The first kappa shape index (κ1) is 11.4. The van der Waals surface area contributed by atoms with E-state index >= 15 is 0 Å². The van der Waals surface area contributed by atoms with Crippen molar-refractivity contribution in [2.75, 3.05) is 6.61 Å². The fourth-order valence-corrected chi connectivity index (χ4v) is 1.08.